The number of carbonyl (C=O) groups excluding carboxylic acids is 1. The van der Waals surface area contributed by atoms with Gasteiger partial charge in [-0.25, -0.2) is 0 Å². The van der Waals surface area contributed by atoms with Gasteiger partial charge in [-0.1, -0.05) is 18.2 Å². The Bertz CT molecular complexity index is 834. The fourth-order valence-corrected chi connectivity index (χ4v) is 4.34. The van der Waals surface area contributed by atoms with Gasteiger partial charge in [0.05, 0.1) is 19.7 Å². The maximum Gasteiger partial charge on any atom is 0.223 e. The first-order chi connectivity index (χ1) is 13.7. The summed E-state index contributed by atoms with van der Waals surface area (Å²) in [6, 6.07) is 7.97. The Kier molecular flexibility index (Phi) is 5.62. The second-order valence-corrected chi connectivity index (χ2v) is 7.77. The van der Waals surface area contributed by atoms with E-state index in [-0.39, 0.29) is 11.9 Å². The van der Waals surface area contributed by atoms with Crippen molar-refractivity contribution < 1.29 is 9.53 Å². The third-order valence-electron chi connectivity index (χ3n) is 5.89. The molecule has 2 aliphatic rings. The van der Waals surface area contributed by atoms with Crippen LogP contribution in [0.4, 0.5) is 0 Å². The molecule has 7 heteroatoms. The van der Waals surface area contributed by atoms with E-state index >= 15 is 0 Å². The first-order valence-corrected chi connectivity index (χ1v) is 10.2. The van der Waals surface area contributed by atoms with Crippen LogP contribution in [0, 0.1) is 0 Å². The molecule has 1 saturated heterocycles. The largest absolute Gasteiger partial charge is 0.496 e. The number of amides is 1. The molecule has 1 fully saturated rings. The fourth-order valence-electron chi connectivity index (χ4n) is 4.34. The van der Waals surface area contributed by atoms with E-state index in [0.29, 0.717) is 12.8 Å². The van der Waals surface area contributed by atoms with Crippen LogP contribution in [0.25, 0.3) is 0 Å². The molecular formula is C21H29N5O2. The molecule has 0 bridgehead atoms. The van der Waals surface area contributed by atoms with Crippen LogP contribution in [0.15, 0.2) is 24.3 Å². The zero-order valence-electron chi connectivity index (χ0n) is 16.8. The van der Waals surface area contributed by atoms with Crippen molar-refractivity contribution in [3.8, 4) is 5.75 Å². The van der Waals surface area contributed by atoms with Crippen LogP contribution in [0.5, 0.6) is 5.75 Å². The number of fused-ring (bicyclic) bond motifs is 1. The molecule has 1 aromatic heterocycles. The van der Waals surface area contributed by atoms with E-state index in [1.807, 2.05) is 29.2 Å². The second kappa shape index (κ2) is 8.31. The molecule has 0 saturated carbocycles. The highest BCUT2D eigenvalue weighted by atomic mass is 16.5. The van der Waals surface area contributed by atoms with E-state index < -0.39 is 0 Å². The molecule has 1 unspecified atom stereocenters. The molecule has 0 radical (unpaired) electrons. The minimum absolute atomic E-state index is 0.0450. The minimum Gasteiger partial charge on any atom is -0.496 e. The third-order valence-corrected chi connectivity index (χ3v) is 5.89. The maximum absolute atomic E-state index is 13.1. The molecule has 2 aromatic rings. The van der Waals surface area contributed by atoms with Gasteiger partial charge in [0.25, 0.3) is 0 Å². The number of aryl methyl sites for hydroxylation is 1. The van der Waals surface area contributed by atoms with E-state index in [4.69, 9.17) is 4.74 Å². The number of carbonyl (C=O) groups is 1. The number of rotatable bonds is 5. The summed E-state index contributed by atoms with van der Waals surface area (Å²) in [5, 5.41) is 8.92. The Morgan fingerprint density at radius 3 is 2.89 bits per heavy atom. The molecule has 3 heterocycles. The number of nitrogens with zero attached hydrogens (tertiary/aromatic N) is 5. The van der Waals surface area contributed by atoms with Gasteiger partial charge in [0.15, 0.2) is 5.82 Å². The molecule has 0 N–H and O–H groups in total. The first kappa shape index (κ1) is 18.9. The van der Waals surface area contributed by atoms with E-state index in [0.717, 1.165) is 68.4 Å². The predicted molar refractivity (Wildman–Crippen MR) is 106 cm³/mol. The van der Waals surface area contributed by atoms with Gasteiger partial charge in [-0.3, -0.25) is 9.69 Å². The van der Waals surface area contributed by atoms with Crippen molar-refractivity contribution in [2.45, 2.75) is 51.2 Å². The lowest BCUT2D eigenvalue weighted by Crippen LogP contribution is -2.41. The summed E-state index contributed by atoms with van der Waals surface area (Å²) in [4.78, 5) is 17.4. The Morgan fingerprint density at radius 2 is 2.04 bits per heavy atom. The Hall–Kier alpha value is -2.41. The van der Waals surface area contributed by atoms with Crippen molar-refractivity contribution in [1.82, 2.24) is 24.6 Å². The lowest BCUT2D eigenvalue weighted by Gasteiger charge is -2.36. The zero-order chi connectivity index (χ0) is 19.5. The molecule has 150 valence electrons. The first-order valence-electron chi connectivity index (χ1n) is 10.2. The van der Waals surface area contributed by atoms with E-state index in [9.17, 15) is 4.79 Å². The maximum atomic E-state index is 13.1. The highest BCUT2D eigenvalue weighted by molar-refractivity contribution is 5.77. The van der Waals surface area contributed by atoms with Crippen molar-refractivity contribution in [3.05, 3.63) is 41.5 Å². The van der Waals surface area contributed by atoms with E-state index in [2.05, 4.69) is 26.7 Å². The quantitative estimate of drug-likeness (QED) is 0.793. The van der Waals surface area contributed by atoms with Gasteiger partial charge in [-0.05, 0) is 44.4 Å². The van der Waals surface area contributed by atoms with Crippen LogP contribution >= 0.6 is 0 Å². The number of methoxy groups -OCH3 is 1. The summed E-state index contributed by atoms with van der Waals surface area (Å²) < 4.78 is 7.66. The Balaban J connectivity index is 1.49. The van der Waals surface area contributed by atoms with E-state index in [1.54, 1.807) is 7.11 Å². The molecule has 0 aliphatic carbocycles. The van der Waals surface area contributed by atoms with Gasteiger partial charge in [-0.2, -0.15) is 0 Å². The standard InChI is InChI=1S/C21H29N5O2/c1-24-13-14-26-19(15-24)22-23-21(26)17-8-5-6-12-25(17)20(27)11-10-16-7-3-4-9-18(16)28-2/h3-4,7,9,17H,5-6,8,10-15H2,1-2H3. The van der Waals surface area contributed by atoms with Gasteiger partial charge in [-0.15, -0.1) is 10.2 Å². The Labute approximate surface area is 166 Å². The fraction of sp³-hybridized carbons (Fsp3) is 0.571. The molecular weight excluding hydrogens is 354 g/mol. The number of likely N-dealkylation sites (tertiary alicyclic amines) is 1. The summed E-state index contributed by atoms with van der Waals surface area (Å²) in [5.41, 5.74) is 1.08. The van der Waals surface area contributed by atoms with Crippen LogP contribution < -0.4 is 4.74 Å². The van der Waals surface area contributed by atoms with Crippen molar-refractivity contribution in [2.75, 3.05) is 27.2 Å². The van der Waals surface area contributed by atoms with Crippen molar-refractivity contribution in [1.29, 1.82) is 0 Å². The molecule has 0 spiro atoms. The topological polar surface area (TPSA) is 63.5 Å². The van der Waals surface area contributed by atoms with Crippen molar-refractivity contribution >= 4 is 5.91 Å². The average Bonchev–Trinajstić information content (AvgIpc) is 3.15. The monoisotopic (exact) mass is 383 g/mol. The van der Waals surface area contributed by atoms with Gasteiger partial charge in [0.2, 0.25) is 5.91 Å². The van der Waals surface area contributed by atoms with E-state index in [1.165, 1.54) is 0 Å². The molecule has 7 nitrogen and oxygen atoms in total. The highest BCUT2D eigenvalue weighted by Crippen LogP contribution is 2.32. The summed E-state index contributed by atoms with van der Waals surface area (Å²) in [6.45, 7) is 3.51. The molecule has 1 amide bonds. The number of likely N-dealkylation sites (N-methyl/N-ethyl adjacent to an activating group) is 1. The summed E-state index contributed by atoms with van der Waals surface area (Å²) >= 11 is 0. The third kappa shape index (κ3) is 3.76. The predicted octanol–water partition coefficient (Wildman–Crippen LogP) is 2.42. The van der Waals surface area contributed by atoms with Crippen LogP contribution in [-0.2, 0) is 24.3 Å². The van der Waals surface area contributed by atoms with Crippen LogP contribution in [0.3, 0.4) is 0 Å². The Morgan fingerprint density at radius 1 is 1.18 bits per heavy atom. The summed E-state index contributed by atoms with van der Waals surface area (Å²) in [5.74, 6) is 3.02. The smallest absolute Gasteiger partial charge is 0.223 e. The normalized spacial score (nSPS) is 20.1. The zero-order valence-corrected chi connectivity index (χ0v) is 16.8. The number of para-hydroxylation sites is 1. The minimum atomic E-state index is 0.0450. The van der Waals surface area contributed by atoms with Gasteiger partial charge in [0, 0.05) is 26.1 Å². The van der Waals surface area contributed by atoms with Gasteiger partial charge < -0.3 is 14.2 Å². The average molecular weight is 383 g/mol. The molecule has 1 aromatic carbocycles. The molecule has 1 atom stereocenters. The lowest BCUT2D eigenvalue weighted by atomic mass is 9.99. The SMILES string of the molecule is COc1ccccc1CCC(=O)N1CCCCC1c1nnc2n1CCN(C)C2. The molecule has 28 heavy (non-hydrogen) atoms. The highest BCUT2D eigenvalue weighted by Gasteiger charge is 2.33. The van der Waals surface area contributed by atoms with Crippen LogP contribution in [0.2, 0.25) is 0 Å². The number of ether oxygens (including phenoxy) is 1. The molecule has 4 rings (SSSR count). The van der Waals surface area contributed by atoms with Crippen LogP contribution in [-0.4, -0.2) is 57.7 Å². The number of hydrogen-bond acceptors (Lipinski definition) is 5. The number of benzene rings is 1. The van der Waals surface area contributed by atoms with Crippen LogP contribution in [0.1, 0.15) is 48.9 Å². The van der Waals surface area contributed by atoms with Crippen molar-refractivity contribution in [2.24, 2.45) is 0 Å². The number of piperidine rings is 1. The van der Waals surface area contributed by atoms with Gasteiger partial charge in [0.1, 0.15) is 11.6 Å². The van der Waals surface area contributed by atoms with Gasteiger partial charge >= 0.3 is 0 Å². The number of aromatic nitrogens is 3. The summed E-state index contributed by atoms with van der Waals surface area (Å²) in [6.07, 6.45) is 4.33. The second-order valence-electron chi connectivity index (χ2n) is 7.77. The number of hydrogen-bond donors (Lipinski definition) is 0. The lowest BCUT2D eigenvalue weighted by molar-refractivity contribution is -0.135. The summed E-state index contributed by atoms with van der Waals surface area (Å²) in [7, 11) is 3.78. The van der Waals surface area contributed by atoms with Crippen molar-refractivity contribution in [3.63, 3.8) is 0 Å². The molecule has 2 aliphatic heterocycles.